The molecule has 1 amide bonds. The van der Waals surface area contributed by atoms with E-state index in [1.54, 1.807) is 12.3 Å². The zero-order chi connectivity index (χ0) is 14.7. The van der Waals surface area contributed by atoms with Crippen LogP contribution in [0.4, 0.5) is 5.82 Å². The molecule has 1 aliphatic rings. The van der Waals surface area contributed by atoms with Crippen molar-refractivity contribution in [1.29, 1.82) is 0 Å². The summed E-state index contributed by atoms with van der Waals surface area (Å²) < 4.78 is 6.20. The Hall–Kier alpha value is -0.850. The van der Waals surface area contributed by atoms with Crippen LogP contribution in [0.1, 0.15) is 13.8 Å². The number of pyridine rings is 1. The quantitative estimate of drug-likeness (QED) is 0.896. The maximum atomic E-state index is 12.3. The van der Waals surface area contributed by atoms with Crippen molar-refractivity contribution in [3.8, 4) is 0 Å². The zero-order valence-corrected chi connectivity index (χ0v) is 13.7. The molecule has 1 aliphatic heterocycles. The van der Waals surface area contributed by atoms with E-state index in [1.807, 2.05) is 18.7 Å². The number of nitrogens with one attached hydrogen (secondary N) is 1. The molecule has 1 atom stereocenters. The summed E-state index contributed by atoms with van der Waals surface area (Å²) in [6, 6.07) is 1.49. The first-order chi connectivity index (χ1) is 9.49. The Labute approximate surface area is 131 Å². The van der Waals surface area contributed by atoms with Crippen molar-refractivity contribution in [3.63, 3.8) is 0 Å². The first-order valence-electron chi connectivity index (χ1n) is 6.45. The first kappa shape index (κ1) is 15.5. The Balaban J connectivity index is 2.24. The fourth-order valence-electron chi connectivity index (χ4n) is 2.07. The number of ether oxygens (including phenoxy) is 1. The molecule has 1 N–H and O–H groups in total. The molecule has 1 fully saturated rings. The minimum absolute atomic E-state index is 0.0525. The lowest BCUT2D eigenvalue weighted by Gasteiger charge is -2.36. The van der Waals surface area contributed by atoms with E-state index in [2.05, 4.69) is 26.2 Å². The highest BCUT2D eigenvalue weighted by atomic mass is 79.9. The lowest BCUT2D eigenvalue weighted by atomic mass is 10.2. The minimum Gasteiger partial charge on any atom is -0.377 e. The Morgan fingerprint density at radius 3 is 3.05 bits per heavy atom. The van der Waals surface area contributed by atoms with Crippen LogP contribution >= 0.6 is 27.5 Å². The summed E-state index contributed by atoms with van der Waals surface area (Å²) >= 11 is 9.36. The van der Waals surface area contributed by atoms with Gasteiger partial charge in [0.15, 0.2) is 0 Å². The number of aromatic nitrogens is 1. The van der Waals surface area contributed by atoms with Crippen molar-refractivity contribution < 1.29 is 9.53 Å². The van der Waals surface area contributed by atoms with Crippen molar-refractivity contribution >= 4 is 39.3 Å². The van der Waals surface area contributed by atoms with Gasteiger partial charge >= 0.3 is 0 Å². The molecule has 0 spiro atoms. The van der Waals surface area contributed by atoms with Gasteiger partial charge in [-0.3, -0.25) is 4.79 Å². The molecule has 7 heteroatoms. The second kappa shape index (κ2) is 6.74. The fourth-order valence-corrected chi connectivity index (χ4v) is 2.94. The monoisotopic (exact) mass is 361 g/mol. The molecule has 0 aliphatic carbocycles. The van der Waals surface area contributed by atoms with Gasteiger partial charge in [0.2, 0.25) is 5.91 Å². The summed E-state index contributed by atoms with van der Waals surface area (Å²) in [5.41, 5.74) is 0. The van der Waals surface area contributed by atoms with E-state index in [9.17, 15) is 4.79 Å². The largest absolute Gasteiger partial charge is 0.377 e. The molecule has 1 aromatic heterocycles. The van der Waals surface area contributed by atoms with E-state index in [4.69, 9.17) is 16.3 Å². The van der Waals surface area contributed by atoms with Gasteiger partial charge in [-0.15, -0.1) is 0 Å². The molecule has 1 saturated heterocycles. The predicted molar refractivity (Wildman–Crippen MR) is 82.2 cm³/mol. The first-order valence-corrected chi connectivity index (χ1v) is 7.62. The molecule has 110 valence electrons. The van der Waals surface area contributed by atoms with Crippen LogP contribution in [0, 0.1) is 0 Å². The highest BCUT2D eigenvalue weighted by Gasteiger charge is 2.31. The summed E-state index contributed by atoms with van der Waals surface area (Å²) in [6.45, 7) is 5.41. The summed E-state index contributed by atoms with van der Waals surface area (Å²) in [7, 11) is 0. The van der Waals surface area contributed by atoms with Crippen LogP contribution < -0.4 is 10.2 Å². The number of amides is 1. The molecule has 0 saturated carbocycles. The number of halogens is 2. The maximum absolute atomic E-state index is 12.3. The van der Waals surface area contributed by atoms with Crippen LogP contribution in [0.15, 0.2) is 16.7 Å². The van der Waals surface area contributed by atoms with Crippen molar-refractivity contribution in [1.82, 2.24) is 10.3 Å². The van der Waals surface area contributed by atoms with E-state index in [-0.39, 0.29) is 18.0 Å². The molecule has 1 aromatic rings. The van der Waals surface area contributed by atoms with E-state index in [1.165, 1.54) is 0 Å². The number of carbonyl (C=O) groups is 1. The van der Waals surface area contributed by atoms with Crippen LogP contribution in [0.2, 0.25) is 5.02 Å². The van der Waals surface area contributed by atoms with Crippen LogP contribution in [0.3, 0.4) is 0 Å². The Kier molecular flexibility index (Phi) is 5.23. The fraction of sp³-hybridized carbons (Fsp3) is 0.538. The average molecular weight is 363 g/mol. The molecule has 0 aromatic carbocycles. The third-order valence-electron chi connectivity index (χ3n) is 2.92. The smallest absolute Gasteiger partial charge is 0.245 e. The van der Waals surface area contributed by atoms with Gasteiger partial charge in [0.25, 0.3) is 0 Å². The van der Waals surface area contributed by atoms with E-state index >= 15 is 0 Å². The van der Waals surface area contributed by atoms with Crippen molar-refractivity contribution in [2.45, 2.75) is 25.9 Å². The summed E-state index contributed by atoms with van der Waals surface area (Å²) in [4.78, 5) is 18.5. The van der Waals surface area contributed by atoms with Crippen LogP contribution in [0.25, 0.3) is 0 Å². The standard InChI is InChI=1S/C13H17BrClN3O2/c1-8(2)17-13(19)11-7-20-4-3-18(11)12-10(14)5-9(15)6-16-12/h5-6,8,11H,3-4,7H2,1-2H3,(H,17,19). The van der Waals surface area contributed by atoms with Gasteiger partial charge in [-0.25, -0.2) is 4.98 Å². The van der Waals surface area contributed by atoms with Crippen LogP contribution in [0.5, 0.6) is 0 Å². The minimum atomic E-state index is -0.379. The summed E-state index contributed by atoms with van der Waals surface area (Å²) in [5.74, 6) is 0.657. The van der Waals surface area contributed by atoms with Crippen molar-refractivity contribution in [3.05, 3.63) is 21.8 Å². The summed E-state index contributed by atoms with van der Waals surface area (Å²) in [6.07, 6.45) is 1.58. The highest BCUT2D eigenvalue weighted by molar-refractivity contribution is 9.10. The molecule has 2 rings (SSSR count). The van der Waals surface area contributed by atoms with Gasteiger partial charge < -0.3 is 15.0 Å². The van der Waals surface area contributed by atoms with E-state index < -0.39 is 0 Å². The number of carbonyl (C=O) groups excluding carboxylic acids is 1. The highest BCUT2D eigenvalue weighted by Crippen LogP contribution is 2.28. The van der Waals surface area contributed by atoms with Gasteiger partial charge in [-0.1, -0.05) is 11.6 Å². The molecular weight excluding hydrogens is 346 g/mol. The Morgan fingerprint density at radius 2 is 2.40 bits per heavy atom. The summed E-state index contributed by atoms with van der Waals surface area (Å²) in [5, 5.41) is 3.47. The van der Waals surface area contributed by atoms with Gasteiger partial charge in [0, 0.05) is 18.8 Å². The average Bonchev–Trinajstić information content (AvgIpc) is 2.38. The van der Waals surface area contributed by atoms with E-state index in [0.29, 0.717) is 30.6 Å². The normalized spacial score (nSPS) is 19.2. The number of rotatable bonds is 3. The van der Waals surface area contributed by atoms with Crippen molar-refractivity contribution in [2.75, 3.05) is 24.7 Å². The SMILES string of the molecule is CC(C)NC(=O)C1COCCN1c1ncc(Cl)cc1Br. The molecular formula is C13H17BrClN3O2. The molecule has 5 nitrogen and oxygen atoms in total. The van der Waals surface area contributed by atoms with Crippen molar-refractivity contribution in [2.24, 2.45) is 0 Å². The number of hydrogen-bond donors (Lipinski definition) is 1. The number of anilines is 1. The third kappa shape index (κ3) is 3.62. The van der Waals surface area contributed by atoms with E-state index in [0.717, 1.165) is 4.47 Å². The second-order valence-corrected chi connectivity index (χ2v) is 6.20. The molecule has 1 unspecified atom stereocenters. The Morgan fingerprint density at radius 1 is 1.65 bits per heavy atom. The number of morpholine rings is 1. The van der Waals surface area contributed by atoms with Gasteiger partial charge in [0.05, 0.1) is 22.7 Å². The third-order valence-corrected chi connectivity index (χ3v) is 3.71. The van der Waals surface area contributed by atoms with Crippen LogP contribution in [-0.4, -0.2) is 42.7 Å². The van der Waals surface area contributed by atoms with Gasteiger partial charge in [0.1, 0.15) is 11.9 Å². The molecule has 20 heavy (non-hydrogen) atoms. The molecule has 2 heterocycles. The van der Waals surface area contributed by atoms with Gasteiger partial charge in [-0.2, -0.15) is 0 Å². The molecule has 0 radical (unpaired) electrons. The second-order valence-electron chi connectivity index (χ2n) is 4.91. The Bertz CT molecular complexity index is 499. The topological polar surface area (TPSA) is 54.5 Å². The molecule has 0 bridgehead atoms. The lowest BCUT2D eigenvalue weighted by molar-refractivity contribution is -0.125. The number of nitrogens with zero attached hydrogens (tertiary/aromatic N) is 2. The number of hydrogen-bond acceptors (Lipinski definition) is 4. The van der Waals surface area contributed by atoms with Crippen LogP contribution in [-0.2, 0) is 9.53 Å². The predicted octanol–water partition coefficient (Wildman–Crippen LogP) is 2.23. The zero-order valence-electron chi connectivity index (χ0n) is 11.4. The maximum Gasteiger partial charge on any atom is 0.245 e. The van der Waals surface area contributed by atoms with Gasteiger partial charge in [-0.05, 0) is 35.8 Å². The lowest BCUT2D eigenvalue weighted by Crippen LogP contribution is -2.55.